The summed E-state index contributed by atoms with van der Waals surface area (Å²) >= 11 is 0. The van der Waals surface area contributed by atoms with E-state index >= 15 is 0 Å². The average Bonchev–Trinajstić information content (AvgIpc) is 2.42. The zero-order chi connectivity index (χ0) is 13.1. The summed E-state index contributed by atoms with van der Waals surface area (Å²) in [4.78, 5) is 0. The Morgan fingerprint density at radius 3 is 2.44 bits per heavy atom. The van der Waals surface area contributed by atoms with Gasteiger partial charge in [0.1, 0.15) is 0 Å². The van der Waals surface area contributed by atoms with Crippen LogP contribution < -0.4 is 5.32 Å². The molecule has 1 atom stereocenters. The first kappa shape index (κ1) is 15.2. The summed E-state index contributed by atoms with van der Waals surface area (Å²) in [6.07, 6.45) is 7.39. The Labute approximate surface area is 111 Å². The molecule has 0 saturated heterocycles. The molecule has 1 unspecified atom stereocenters. The molecule has 2 nitrogen and oxygen atoms in total. The Morgan fingerprint density at radius 1 is 1.06 bits per heavy atom. The van der Waals surface area contributed by atoms with Crippen molar-refractivity contribution in [2.45, 2.75) is 51.5 Å². The SMILES string of the molecule is CCCCCCCNC(CO)Cc1ccccc1. The molecule has 18 heavy (non-hydrogen) atoms. The molecule has 1 aromatic carbocycles. The lowest BCUT2D eigenvalue weighted by Gasteiger charge is -2.16. The van der Waals surface area contributed by atoms with Crippen LogP contribution in [0.25, 0.3) is 0 Å². The summed E-state index contributed by atoms with van der Waals surface area (Å²) in [7, 11) is 0. The molecule has 0 aromatic heterocycles. The third-order valence-corrected chi connectivity index (χ3v) is 3.26. The quantitative estimate of drug-likeness (QED) is 0.624. The Bertz CT molecular complexity index is 286. The van der Waals surface area contributed by atoms with Crippen molar-refractivity contribution in [3.05, 3.63) is 35.9 Å². The van der Waals surface area contributed by atoms with Gasteiger partial charge < -0.3 is 10.4 Å². The molecule has 0 fully saturated rings. The number of rotatable bonds is 10. The number of hydrogen-bond donors (Lipinski definition) is 2. The van der Waals surface area contributed by atoms with Crippen molar-refractivity contribution >= 4 is 0 Å². The molecule has 0 aliphatic carbocycles. The van der Waals surface area contributed by atoms with E-state index in [1.165, 1.54) is 37.7 Å². The topological polar surface area (TPSA) is 32.3 Å². The van der Waals surface area contributed by atoms with E-state index in [1.54, 1.807) is 0 Å². The minimum atomic E-state index is 0.193. The molecule has 0 aliphatic rings. The van der Waals surface area contributed by atoms with E-state index in [4.69, 9.17) is 0 Å². The molecule has 102 valence electrons. The molecule has 0 bridgehead atoms. The Balaban J connectivity index is 2.14. The van der Waals surface area contributed by atoms with Gasteiger partial charge in [0.2, 0.25) is 0 Å². The van der Waals surface area contributed by atoms with Crippen LogP contribution in [0.2, 0.25) is 0 Å². The average molecular weight is 249 g/mol. The lowest BCUT2D eigenvalue weighted by Crippen LogP contribution is -2.35. The molecule has 0 saturated carbocycles. The van der Waals surface area contributed by atoms with Crippen LogP contribution in [-0.2, 0) is 6.42 Å². The van der Waals surface area contributed by atoms with Crippen molar-refractivity contribution in [1.82, 2.24) is 5.32 Å². The largest absolute Gasteiger partial charge is 0.395 e. The van der Waals surface area contributed by atoms with E-state index in [2.05, 4.69) is 36.5 Å². The summed E-state index contributed by atoms with van der Waals surface area (Å²) < 4.78 is 0. The number of aliphatic hydroxyl groups excluding tert-OH is 1. The number of unbranched alkanes of at least 4 members (excludes halogenated alkanes) is 4. The monoisotopic (exact) mass is 249 g/mol. The fourth-order valence-electron chi connectivity index (χ4n) is 2.13. The van der Waals surface area contributed by atoms with Gasteiger partial charge in [-0.25, -0.2) is 0 Å². The maximum absolute atomic E-state index is 9.37. The number of nitrogens with one attached hydrogen (secondary N) is 1. The Hall–Kier alpha value is -0.860. The van der Waals surface area contributed by atoms with Crippen molar-refractivity contribution in [2.24, 2.45) is 0 Å². The van der Waals surface area contributed by atoms with Crippen molar-refractivity contribution in [3.63, 3.8) is 0 Å². The van der Waals surface area contributed by atoms with E-state index in [0.717, 1.165) is 13.0 Å². The third kappa shape index (κ3) is 6.77. The summed E-state index contributed by atoms with van der Waals surface area (Å²) in [5.41, 5.74) is 1.29. The van der Waals surface area contributed by atoms with E-state index < -0.39 is 0 Å². The second-order valence-electron chi connectivity index (χ2n) is 4.94. The van der Waals surface area contributed by atoms with Crippen LogP contribution in [0.3, 0.4) is 0 Å². The van der Waals surface area contributed by atoms with Crippen LogP contribution in [0.4, 0.5) is 0 Å². The second kappa shape index (κ2) is 10.1. The fourth-order valence-corrected chi connectivity index (χ4v) is 2.13. The van der Waals surface area contributed by atoms with Crippen molar-refractivity contribution in [3.8, 4) is 0 Å². The summed E-state index contributed by atoms with van der Waals surface area (Å²) in [5, 5.41) is 12.8. The highest BCUT2D eigenvalue weighted by atomic mass is 16.3. The second-order valence-corrected chi connectivity index (χ2v) is 4.94. The van der Waals surface area contributed by atoms with Gasteiger partial charge in [0, 0.05) is 6.04 Å². The third-order valence-electron chi connectivity index (χ3n) is 3.26. The first-order chi connectivity index (χ1) is 8.86. The van der Waals surface area contributed by atoms with E-state index in [9.17, 15) is 5.11 Å². The first-order valence-corrected chi connectivity index (χ1v) is 7.25. The molecule has 0 aliphatic heterocycles. The summed E-state index contributed by atoms with van der Waals surface area (Å²) in [6.45, 7) is 3.46. The molecular weight excluding hydrogens is 222 g/mol. The molecule has 0 spiro atoms. The van der Waals surface area contributed by atoms with Crippen LogP contribution in [0.5, 0.6) is 0 Å². The van der Waals surface area contributed by atoms with E-state index in [1.807, 2.05) is 6.07 Å². The first-order valence-electron chi connectivity index (χ1n) is 7.25. The maximum atomic E-state index is 9.37. The van der Waals surface area contributed by atoms with E-state index in [0.29, 0.717) is 0 Å². The van der Waals surface area contributed by atoms with Gasteiger partial charge in [0.15, 0.2) is 0 Å². The molecule has 1 aromatic rings. The molecule has 0 heterocycles. The van der Waals surface area contributed by atoms with Gasteiger partial charge in [-0.3, -0.25) is 0 Å². The minimum Gasteiger partial charge on any atom is -0.395 e. The summed E-state index contributed by atoms with van der Waals surface area (Å²) in [5.74, 6) is 0. The van der Waals surface area contributed by atoms with Crippen LogP contribution in [0, 0.1) is 0 Å². The van der Waals surface area contributed by atoms with Crippen LogP contribution >= 0.6 is 0 Å². The molecular formula is C16H27NO. The van der Waals surface area contributed by atoms with Crippen LogP contribution in [-0.4, -0.2) is 24.3 Å². The van der Waals surface area contributed by atoms with Crippen LogP contribution in [0.1, 0.15) is 44.6 Å². The fraction of sp³-hybridized carbons (Fsp3) is 0.625. The van der Waals surface area contributed by atoms with Gasteiger partial charge in [-0.05, 0) is 24.9 Å². The van der Waals surface area contributed by atoms with Gasteiger partial charge in [-0.15, -0.1) is 0 Å². The molecule has 0 amide bonds. The molecule has 0 radical (unpaired) electrons. The molecule has 2 N–H and O–H groups in total. The smallest absolute Gasteiger partial charge is 0.0587 e. The summed E-state index contributed by atoms with van der Waals surface area (Å²) in [6, 6.07) is 10.6. The number of hydrogen-bond acceptors (Lipinski definition) is 2. The lowest BCUT2D eigenvalue weighted by atomic mass is 10.1. The number of aliphatic hydroxyl groups is 1. The highest BCUT2D eigenvalue weighted by molar-refractivity contribution is 5.15. The Kier molecular flexibility index (Phi) is 8.53. The predicted molar refractivity (Wildman–Crippen MR) is 77.8 cm³/mol. The predicted octanol–water partition coefficient (Wildman–Crippen LogP) is 3.15. The zero-order valence-corrected chi connectivity index (χ0v) is 11.6. The van der Waals surface area contributed by atoms with Gasteiger partial charge in [-0.2, -0.15) is 0 Å². The number of benzene rings is 1. The normalized spacial score (nSPS) is 12.6. The maximum Gasteiger partial charge on any atom is 0.0587 e. The van der Waals surface area contributed by atoms with Gasteiger partial charge in [0.05, 0.1) is 6.61 Å². The van der Waals surface area contributed by atoms with Gasteiger partial charge >= 0.3 is 0 Å². The van der Waals surface area contributed by atoms with E-state index in [-0.39, 0.29) is 12.6 Å². The Morgan fingerprint density at radius 2 is 1.78 bits per heavy atom. The molecule has 2 heteroatoms. The zero-order valence-electron chi connectivity index (χ0n) is 11.6. The minimum absolute atomic E-state index is 0.193. The van der Waals surface area contributed by atoms with Crippen molar-refractivity contribution in [1.29, 1.82) is 0 Å². The van der Waals surface area contributed by atoms with Crippen LogP contribution in [0.15, 0.2) is 30.3 Å². The van der Waals surface area contributed by atoms with Crippen molar-refractivity contribution < 1.29 is 5.11 Å². The van der Waals surface area contributed by atoms with Gasteiger partial charge in [0.25, 0.3) is 0 Å². The highest BCUT2D eigenvalue weighted by Gasteiger charge is 2.06. The van der Waals surface area contributed by atoms with Gasteiger partial charge in [-0.1, -0.05) is 62.9 Å². The standard InChI is InChI=1S/C16H27NO/c1-2-3-4-5-9-12-17-16(14-18)13-15-10-7-6-8-11-15/h6-8,10-11,16-18H,2-5,9,12-14H2,1H3. The van der Waals surface area contributed by atoms with Crippen molar-refractivity contribution in [2.75, 3.05) is 13.2 Å². The molecule has 1 rings (SSSR count). The highest BCUT2D eigenvalue weighted by Crippen LogP contribution is 2.04. The lowest BCUT2D eigenvalue weighted by molar-refractivity contribution is 0.241.